The van der Waals surface area contributed by atoms with Gasteiger partial charge in [0.1, 0.15) is 0 Å². The highest BCUT2D eigenvalue weighted by Gasteiger charge is 2.39. The van der Waals surface area contributed by atoms with Crippen LogP contribution in [0.4, 0.5) is 16.2 Å². The van der Waals surface area contributed by atoms with Crippen molar-refractivity contribution in [2.75, 3.05) is 43.9 Å². The van der Waals surface area contributed by atoms with Crippen molar-refractivity contribution in [3.8, 4) is 0 Å². The van der Waals surface area contributed by atoms with E-state index in [9.17, 15) is 9.59 Å². The van der Waals surface area contributed by atoms with Crippen LogP contribution in [0.15, 0.2) is 48.5 Å². The van der Waals surface area contributed by atoms with Gasteiger partial charge in [0.15, 0.2) is 0 Å². The predicted octanol–water partition coefficient (Wildman–Crippen LogP) is 4.17. The smallest absolute Gasteiger partial charge is 0.321 e. The maximum Gasteiger partial charge on any atom is 0.322 e. The van der Waals surface area contributed by atoms with Crippen LogP contribution in [-0.2, 0) is 0 Å². The molecule has 4 rings (SSSR count). The van der Waals surface area contributed by atoms with Crippen molar-refractivity contribution in [1.29, 1.82) is 0 Å². The number of halogens is 1. The molecule has 0 spiro atoms. The van der Waals surface area contributed by atoms with E-state index in [1.54, 1.807) is 36.2 Å². The number of carbonyl (C=O) groups is 2. The third-order valence-electron chi connectivity index (χ3n) is 6.20. The lowest BCUT2D eigenvalue weighted by Crippen LogP contribution is -2.47. The molecule has 2 saturated heterocycles. The molecule has 2 aromatic rings. The summed E-state index contributed by atoms with van der Waals surface area (Å²) in [6.45, 7) is 2.91. The number of amides is 3. The standard InChI is InChI=1S/C23H27ClN4O2/c1-26-13-12-21-17(15-26)11-14-28(21)23(30)25-19-7-9-20(10-8-19)27(2)22(29)16-3-5-18(24)6-4-16/h3-10,17,21H,11-15H2,1-2H3,(H,25,30)/t17-,21-/m0/s1. The summed E-state index contributed by atoms with van der Waals surface area (Å²) in [6, 6.07) is 14.5. The average molecular weight is 427 g/mol. The quantitative estimate of drug-likeness (QED) is 0.801. The van der Waals surface area contributed by atoms with Crippen LogP contribution in [0.2, 0.25) is 5.02 Å². The Bertz CT molecular complexity index is 916. The summed E-state index contributed by atoms with van der Waals surface area (Å²) < 4.78 is 0. The van der Waals surface area contributed by atoms with E-state index in [1.165, 1.54) is 0 Å². The first-order valence-electron chi connectivity index (χ1n) is 10.3. The zero-order valence-electron chi connectivity index (χ0n) is 17.3. The van der Waals surface area contributed by atoms with Gasteiger partial charge >= 0.3 is 6.03 Å². The molecule has 158 valence electrons. The molecule has 0 aromatic heterocycles. The van der Waals surface area contributed by atoms with E-state index >= 15 is 0 Å². The first-order valence-corrected chi connectivity index (χ1v) is 10.7. The van der Waals surface area contributed by atoms with Crippen molar-refractivity contribution in [1.82, 2.24) is 9.80 Å². The number of hydrogen-bond donors (Lipinski definition) is 1. The molecule has 2 aliphatic rings. The summed E-state index contributed by atoms with van der Waals surface area (Å²) >= 11 is 5.90. The zero-order chi connectivity index (χ0) is 21.3. The van der Waals surface area contributed by atoms with Crippen LogP contribution in [0.3, 0.4) is 0 Å². The summed E-state index contributed by atoms with van der Waals surface area (Å²) in [6.07, 6.45) is 2.10. The van der Waals surface area contributed by atoms with Crippen LogP contribution in [-0.4, -0.2) is 61.5 Å². The number of fused-ring (bicyclic) bond motifs is 1. The number of urea groups is 1. The molecule has 1 N–H and O–H groups in total. The summed E-state index contributed by atoms with van der Waals surface area (Å²) in [7, 11) is 3.88. The van der Waals surface area contributed by atoms with Crippen LogP contribution in [0.1, 0.15) is 23.2 Å². The Kier molecular flexibility index (Phi) is 5.97. The number of benzene rings is 2. The van der Waals surface area contributed by atoms with Crippen molar-refractivity contribution in [3.63, 3.8) is 0 Å². The van der Waals surface area contributed by atoms with Gasteiger partial charge < -0.3 is 20.0 Å². The van der Waals surface area contributed by atoms with Crippen LogP contribution in [0, 0.1) is 5.92 Å². The monoisotopic (exact) mass is 426 g/mol. The third-order valence-corrected chi connectivity index (χ3v) is 6.45. The largest absolute Gasteiger partial charge is 0.322 e. The van der Waals surface area contributed by atoms with Gasteiger partial charge in [-0.3, -0.25) is 4.79 Å². The molecule has 0 unspecified atom stereocenters. The topological polar surface area (TPSA) is 55.9 Å². The van der Waals surface area contributed by atoms with Gasteiger partial charge in [-0.2, -0.15) is 0 Å². The number of rotatable bonds is 3. The highest BCUT2D eigenvalue weighted by molar-refractivity contribution is 6.30. The number of nitrogens with one attached hydrogen (secondary N) is 1. The Morgan fingerprint density at radius 2 is 1.73 bits per heavy atom. The summed E-state index contributed by atoms with van der Waals surface area (Å²) in [5, 5.41) is 3.61. The van der Waals surface area contributed by atoms with Gasteiger partial charge in [0.2, 0.25) is 0 Å². The van der Waals surface area contributed by atoms with Gasteiger partial charge in [-0.15, -0.1) is 0 Å². The van der Waals surface area contributed by atoms with E-state index < -0.39 is 0 Å². The fraction of sp³-hybridized carbons (Fsp3) is 0.391. The maximum atomic E-state index is 12.8. The van der Waals surface area contributed by atoms with Gasteiger partial charge in [0, 0.05) is 48.1 Å². The van der Waals surface area contributed by atoms with Gasteiger partial charge in [-0.25, -0.2) is 4.79 Å². The molecular weight excluding hydrogens is 400 g/mol. The average Bonchev–Trinajstić information content (AvgIpc) is 3.17. The Morgan fingerprint density at radius 3 is 2.43 bits per heavy atom. The van der Waals surface area contributed by atoms with E-state index in [4.69, 9.17) is 11.6 Å². The summed E-state index contributed by atoms with van der Waals surface area (Å²) in [4.78, 5) is 31.4. The Morgan fingerprint density at radius 1 is 1.03 bits per heavy atom. The number of carbonyl (C=O) groups excluding carboxylic acids is 2. The first-order chi connectivity index (χ1) is 14.4. The normalized spacial score (nSPS) is 21.2. The van der Waals surface area contributed by atoms with Crippen molar-refractivity contribution in [3.05, 3.63) is 59.1 Å². The van der Waals surface area contributed by atoms with Gasteiger partial charge in [-0.1, -0.05) is 11.6 Å². The van der Waals surface area contributed by atoms with E-state index in [0.29, 0.717) is 22.5 Å². The molecule has 2 heterocycles. The van der Waals surface area contributed by atoms with Crippen LogP contribution in [0.25, 0.3) is 0 Å². The number of nitrogens with zero attached hydrogens (tertiary/aromatic N) is 3. The van der Waals surface area contributed by atoms with Gasteiger partial charge in [-0.05, 0) is 80.9 Å². The molecule has 6 nitrogen and oxygen atoms in total. The van der Waals surface area contributed by atoms with Crippen LogP contribution in [0.5, 0.6) is 0 Å². The Balaban J connectivity index is 1.38. The molecule has 0 aliphatic carbocycles. The highest BCUT2D eigenvalue weighted by atomic mass is 35.5. The van der Waals surface area contributed by atoms with Gasteiger partial charge in [0.05, 0.1) is 0 Å². The first kappa shape index (κ1) is 20.7. The lowest BCUT2D eigenvalue weighted by molar-refractivity contribution is 0.0993. The molecule has 30 heavy (non-hydrogen) atoms. The van der Waals surface area contributed by atoms with Crippen molar-refractivity contribution in [2.24, 2.45) is 5.92 Å². The number of anilines is 2. The molecule has 2 aliphatic heterocycles. The second-order valence-corrected chi connectivity index (χ2v) is 8.64. The minimum atomic E-state index is -0.117. The van der Waals surface area contributed by atoms with E-state index in [-0.39, 0.29) is 11.9 Å². The SMILES string of the molecule is CN1CC[C@H]2[C@@H](CCN2C(=O)Nc2ccc(N(C)C(=O)c3ccc(Cl)cc3)cc2)C1. The third kappa shape index (κ3) is 4.30. The number of hydrogen-bond acceptors (Lipinski definition) is 3. The molecular formula is C23H27ClN4O2. The van der Waals surface area contributed by atoms with E-state index in [1.807, 2.05) is 29.2 Å². The van der Waals surface area contributed by atoms with Gasteiger partial charge in [0.25, 0.3) is 5.91 Å². The second-order valence-electron chi connectivity index (χ2n) is 8.21. The zero-order valence-corrected chi connectivity index (χ0v) is 18.1. The summed E-state index contributed by atoms with van der Waals surface area (Å²) in [5.74, 6) is 0.457. The minimum Gasteiger partial charge on any atom is -0.321 e. The maximum absolute atomic E-state index is 12.8. The van der Waals surface area contributed by atoms with E-state index in [0.717, 1.165) is 43.9 Å². The lowest BCUT2D eigenvalue weighted by atomic mass is 9.93. The molecule has 2 fully saturated rings. The molecule has 2 aromatic carbocycles. The van der Waals surface area contributed by atoms with Crippen LogP contribution < -0.4 is 10.2 Å². The highest BCUT2D eigenvalue weighted by Crippen LogP contribution is 2.31. The van der Waals surface area contributed by atoms with Crippen LogP contribution >= 0.6 is 11.6 Å². The molecule has 2 atom stereocenters. The molecule has 0 bridgehead atoms. The van der Waals surface area contributed by atoms with E-state index in [2.05, 4.69) is 17.3 Å². The Hall–Kier alpha value is -2.57. The number of piperidine rings is 1. The molecule has 7 heteroatoms. The lowest BCUT2D eigenvalue weighted by Gasteiger charge is -2.36. The van der Waals surface area contributed by atoms with Crippen molar-refractivity contribution >= 4 is 34.9 Å². The van der Waals surface area contributed by atoms with Crippen molar-refractivity contribution in [2.45, 2.75) is 18.9 Å². The minimum absolute atomic E-state index is 0.0367. The molecule has 0 saturated carbocycles. The molecule has 3 amide bonds. The summed E-state index contributed by atoms with van der Waals surface area (Å²) in [5.41, 5.74) is 2.05. The van der Waals surface area contributed by atoms with Crippen molar-refractivity contribution < 1.29 is 9.59 Å². The molecule has 0 radical (unpaired) electrons. The predicted molar refractivity (Wildman–Crippen MR) is 120 cm³/mol. The fourth-order valence-electron chi connectivity index (χ4n) is 4.49. The second kappa shape index (κ2) is 8.66. The fourth-order valence-corrected chi connectivity index (χ4v) is 4.61. The Labute approximate surface area is 182 Å². The number of likely N-dealkylation sites (tertiary alicyclic amines) is 2.